The predicted molar refractivity (Wildman–Crippen MR) is 69.5 cm³/mol. The Morgan fingerprint density at radius 3 is 2.37 bits per heavy atom. The van der Waals surface area contributed by atoms with Crippen LogP contribution in [0.15, 0.2) is 36.7 Å². The van der Waals surface area contributed by atoms with E-state index in [2.05, 4.69) is 16.9 Å². The largest absolute Gasteiger partial charge is 0.478 e. The van der Waals surface area contributed by atoms with E-state index in [4.69, 9.17) is 9.84 Å². The average molecular weight is 258 g/mol. The molecule has 2 rings (SSSR count). The zero-order valence-corrected chi connectivity index (χ0v) is 10.5. The molecule has 0 amide bonds. The number of aryl methyl sites for hydroxylation is 1. The maximum Gasteiger partial charge on any atom is 0.338 e. The number of benzene rings is 1. The van der Waals surface area contributed by atoms with Gasteiger partial charge in [-0.3, -0.25) is 0 Å². The molecule has 0 saturated heterocycles. The van der Waals surface area contributed by atoms with E-state index < -0.39 is 5.97 Å². The normalized spacial score (nSPS) is 10.2. The van der Waals surface area contributed by atoms with Gasteiger partial charge in [-0.1, -0.05) is 25.5 Å². The van der Waals surface area contributed by atoms with Crippen LogP contribution in [0.25, 0.3) is 0 Å². The molecule has 0 aliphatic heterocycles. The fourth-order valence-electron chi connectivity index (χ4n) is 1.60. The molecule has 2 aromatic rings. The lowest BCUT2D eigenvalue weighted by atomic mass is 10.1. The SMILES string of the molecule is CCCc1ccc(Oc2ncc(C(=O)O)cn2)cc1. The Labute approximate surface area is 110 Å². The van der Waals surface area contributed by atoms with Gasteiger partial charge < -0.3 is 9.84 Å². The molecule has 0 atom stereocenters. The van der Waals surface area contributed by atoms with Crippen molar-refractivity contribution in [2.45, 2.75) is 19.8 Å². The van der Waals surface area contributed by atoms with Crippen molar-refractivity contribution in [1.82, 2.24) is 9.97 Å². The minimum atomic E-state index is -1.06. The first-order valence-corrected chi connectivity index (χ1v) is 6.01. The third-order valence-electron chi connectivity index (χ3n) is 2.55. The van der Waals surface area contributed by atoms with Crippen LogP contribution in [0.5, 0.6) is 11.8 Å². The van der Waals surface area contributed by atoms with Crippen LogP contribution < -0.4 is 4.74 Å². The number of ether oxygens (including phenoxy) is 1. The van der Waals surface area contributed by atoms with Crippen LogP contribution in [0.3, 0.4) is 0 Å². The van der Waals surface area contributed by atoms with Crippen molar-refractivity contribution in [3.05, 3.63) is 47.8 Å². The molecule has 1 N–H and O–H groups in total. The average Bonchev–Trinajstić information content (AvgIpc) is 2.42. The first kappa shape index (κ1) is 13.0. The number of carboxylic acid groups (broad SMARTS) is 1. The molecule has 0 unspecified atom stereocenters. The summed E-state index contributed by atoms with van der Waals surface area (Å²) in [6, 6.07) is 7.81. The summed E-state index contributed by atoms with van der Waals surface area (Å²) >= 11 is 0. The van der Waals surface area contributed by atoms with E-state index in [1.54, 1.807) is 0 Å². The van der Waals surface area contributed by atoms with Gasteiger partial charge in [0.1, 0.15) is 5.75 Å². The molecule has 1 aromatic carbocycles. The van der Waals surface area contributed by atoms with Crippen molar-refractivity contribution in [2.24, 2.45) is 0 Å². The molecule has 0 radical (unpaired) electrons. The van der Waals surface area contributed by atoms with E-state index in [0.717, 1.165) is 12.8 Å². The van der Waals surface area contributed by atoms with Gasteiger partial charge in [-0.05, 0) is 24.1 Å². The zero-order chi connectivity index (χ0) is 13.7. The third-order valence-corrected chi connectivity index (χ3v) is 2.55. The molecular formula is C14H14N2O3. The van der Waals surface area contributed by atoms with Crippen LogP contribution in [0, 0.1) is 0 Å². The highest BCUT2D eigenvalue weighted by atomic mass is 16.5. The van der Waals surface area contributed by atoms with E-state index >= 15 is 0 Å². The van der Waals surface area contributed by atoms with Gasteiger partial charge in [-0.15, -0.1) is 0 Å². The fourth-order valence-corrected chi connectivity index (χ4v) is 1.60. The summed E-state index contributed by atoms with van der Waals surface area (Å²) in [7, 11) is 0. The van der Waals surface area contributed by atoms with Gasteiger partial charge in [0.2, 0.25) is 0 Å². The number of carboxylic acids is 1. The van der Waals surface area contributed by atoms with Crippen LogP contribution in [-0.4, -0.2) is 21.0 Å². The second-order valence-electron chi connectivity index (χ2n) is 4.06. The Kier molecular flexibility index (Phi) is 4.07. The molecule has 0 aliphatic carbocycles. The van der Waals surface area contributed by atoms with Gasteiger partial charge in [0.15, 0.2) is 0 Å². The number of aromatic nitrogens is 2. The van der Waals surface area contributed by atoms with Crippen molar-refractivity contribution < 1.29 is 14.6 Å². The number of rotatable bonds is 5. The molecule has 0 fully saturated rings. The highest BCUT2D eigenvalue weighted by molar-refractivity contribution is 5.86. The summed E-state index contributed by atoms with van der Waals surface area (Å²) in [4.78, 5) is 18.3. The summed E-state index contributed by atoms with van der Waals surface area (Å²) in [5, 5.41) is 8.73. The monoisotopic (exact) mass is 258 g/mol. The Hall–Kier alpha value is -2.43. The molecule has 5 nitrogen and oxygen atoms in total. The van der Waals surface area contributed by atoms with Crippen molar-refractivity contribution in [3.8, 4) is 11.8 Å². The van der Waals surface area contributed by atoms with Gasteiger partial charge in [0, 0.05) is 12.4 Å². The summed E-state index contributed by atoms with van der Waals surface area (Å²) in [5.74, 6) is -0.432. The highest BCUT2D eigenvalue weighted by Gasteiger charge is 2.05. The molecule has 1 heterocycles. The van der Waals surface area contributed by atoms with E-state index in [0.29, 0.717) is 5.75 Å². The Balaban J connectivity index is 2.06. The van der Waals surface area contributed by atoms with Crippen LogP contribution in [0.4, 0.5) is 0 Å². The predicted octanol–water partition coefficient (Wildman–Crippen LogP) is 2.92. The molecule has 19 heavy (non-hydrogen) atoms. The smallest absolute Gasteiger partial charge is 0.338 e. The Morgan fingerprint density at radius 2 is 1.84 bits per heavy atom. The first-order valence-electron chi connectivity index (χ1n) is 6.01. The molecular weight excluding hydrogens is 244 g/mol. The molecule has 0 bridgehead atoms. The second-order valence-corrected chi connectivity index (χ2v) is 4.06. The van der Waals surface area contributed by atoms with Crippen LogP contribution in [-0.2, 0) is 6.42 Å². The lowest BCUT2D eigenvalue weighted by molar-refractivity contribution is 0.0696. The summed E-state index contributed by atoms with van der Waals surface area (Å²) in [6.07, 6.45) is 4.57. The summed E-state index contributed by atoms with van der Waals surface area (Å²) in [5.41, 5.74) is 1.28. The molecule has 0 aliphatic rings. The van der Waals surface area contributed by atoms with Crippen LogP contribution in [0.1, 0.15) is 29.3 Å². The number of aromatic carboxylic acids is 1. The van der Waals surface area contributed by atoms with Crippen LogP contribution >= 0.6 is 0 Å². The quantitative estimate of drug-likeness (QED) is 0.892. The molecule has 98 valence electrons. The number of hydrogen-bond donors (Lipinski definition) is 1. The van der Waals surface area contributed by atoms with Gasteiger partial charge in [0.05, 0.1) is 5.56 Å². The van der Waals surface area contributed by atoms with Crippen molar-refractivity contribution in [2.75, 3.05) is 0 Å². The molecule has 0 saturated carbocycles. The number of hydrogen-bond acceptors (Lipinski definition) is 4. The third kappa shape index (κ3) is 3.51. The Bertz CT molecular complexity index is 550. The lowest BCUT2D eigenvalue weighted by Gasteiger charge is -2.04. The molecule has 5 heteroatoms. The lowest BCUT2D eigenvalue weighted by Crippen LogP contribution is -1.99. The molecule has 1 aromatic heterocycles. The standard InChI is InChI=1S/C14H14N2O3/c1-2-3-10-4-6-12(7-5-10)19-14-15-8-11(9-16-14)13(17)18/h4-9H,2-3H2,1H3,(H,17,18). The topological polar surface area (TPSA) is 72.3 Å². The summed E-state index contributed by atoms with van der Waals surface area (Å²) in [6.45, 7) is 2.13. The molecule has 0 spiro atoms. The van der Waals surface area contributed by atoms with E-state index in [9.17, 15) is 4.79 Å². The van der Waals surface area contributed by atoms with Crippen molar-refractivity contribution >= 4 is 5.97 Å². The summed E-state index contributed by atoms with van der Waals surface area (Å²) < 4.78 is 5.43. The fraction of sp³-hybridized carbons (Fsp3) is 0.214. The zero-order valence-electron chi connectivity index (χ0n) is 10.5. The number of carbonyl (C=O) groups is 1. The van der Waals surface area contributed by atoms with Gasteiger partial charge >= 0.3 is 12.0 Å². The van der Waals surface area contributed by atoms with E-state index in [1.807, 2.05) is 24.3 Å². The van der Waals surface area contributed by atoms with Gasteiger partial charge in [0.25, 0.3) is 0 Å². The maximum atomic E-state index is 10.6. The van der Waals surface area contributed by atoms with Crippen LogP contribution in [0.2, 0.25) is 0 Å². The second kappa shape index (κ2) is 5.95. The minimum absolute atomic E-state index is 0.0330. The van der Waals surface area contributed by atoms with Gasteiger partial charge in [-0.25, -0.2) is 14.8 Å². The minimum Gasteiger partial charge on any atom is -0.478 e. The Morgan fingerprint density at radius 1 is 1.21 bits per heavy atom. The first-order chi connectivity index (χ1) is 9.19. The van der Waals surface area contributed by atoms with Crippen molar-refractivity contribution in [3.63, 3.8) is 0 Å². The maximum absolute atomic E-state index is 10.6. The van der Waals surface area contributed by atoms with Gasteiger partial charge in [-0.2, -0.15) is 0 Å². The highest BCUT2D eigenvalue weighted by Crippen LogP contribution is 2.18. The number of nitrogens with zero attached hydrogens (tertiary/aromatic N) is 2. The van der Waals surface area contributed by atoms with E-state index in [-0.39, 0.29) is 11.6 Å². The van der Waals surface area contributed by atoms with Crippen molar-refractivity contribution in [1.29, 1.82) is 0 Å². The van der Waals surface area contributed by atoms with E-state index in [1.165, 1.54) is 18.0 Å².